The summed E-state index contributed by atoms with van der Waals surface area (Å²) < 4.78 is 0. The Bertz CT molecular complexity index is 484. The molecule has 0 N–H and O–H groups in total. The van der Waals surface area contributed by atoms with Crippen molar-refractivity contribution in [2.24, 2.45) is 11.8 Å². The van der Waals surface area contributed by atoms with E-state index in [1.165, 1.54) is 38.5 Å². The van der Waals surface area contributed by atoms with Crippen molar-refractivity contribution >= 4 is 8.80 Å². The number of rotatable bonds is 1. The molecule has 0 radical (unpaired) electrons. The van der Waals surface area contributed by atoms with Gasteiger partial charge in [0, 0.05) is 0 Å². The molecule has 0 saturated heterocycles. The van der Waals surface area contributed by atoms with Crippen LogP contribution in [0.3, 0.4) is 0 Å². The Morgan fingerprint density at radius 1 is 1.05 bits per heavy atom. The van der Waals surface area contributed by atoms with Gasteiger partial charge in [0.25, 0.3) is 0 Å². The molecule has 2 saturated carbocycles. The minimum Gasteiger partial charge on any atom is -0.227 e. The summed E-state index contributed by atoms with van der Waals surface area (Å²) in [4.78, 5) is 0. The van der Waals surface area contributed by atoms with E-state index in [2.05, 4.69) is 56.0 Å². The number of allylic oxidation sites excluding steroid dienone is 8. The number of hydrogen-bond donors (Lipinski definition) is 0. The van der Waals surface area contributed by atoms with E-state index in [9.17, 15) is 0 Å². The summed E-state index contributed by atoms with van der Waals surface area (Å²) in [6, 6.07) is 0. The Balaban J connectivity index is 0.000000159. The second-order valence-corrected chi connectivity index (χ2v) is 10.0. The molecule has 0 spiro atoms. The standard InChI is InChI=1S/C11H17Si.C9H11.Zr/c1-12(2)11-8-7-9-5-3-4-6-10(9)11;1-2-5-9-7-3-6-8(9)4-1;/h3-4,6,9,12H,5,7-8H2,1-2H3;1-2,4,6,9H,3,5,7H2;/q2*-1;+2. The third-order valence-electron chi connectivity index (χ3n) is 5.31. The van der Waals surface area contributed by atoms with E-state index in [0.29, 0.717) is 0 Å². The fourth-order valence-corrected chi connectivity index (χ4v) is 5.82. The van der Waals surface area contributed by atoms with Gasteiger partial charge in [-0.1, -0.05) is 32.4 Å². The predicted octanol–water partition coefficient (Wildman–Crippen LogP) is 5.37. The van der Waals surface area contributed by atoms with Crippen LogP contribution in [0.1, 0.15) is 38.5 Å². The van der Waals surface area contributed by atoms with Crippen LogP contribution in [0.2, 0.25) is 13.1 Å². The van der Waals surface area contributed by atoms with Crippen LogP contribution in [0.25, 0.3) is 0 Å². The van der Waals surface area contributed by atoms with Crippen molar-refractivity contribution in [3.63, 3.8) is 0 Å². The van der Waals surface area contributed by atoms with Crippen LogP contribution in [0.4, 0.5) is 0 Å². The Morgan fingerprint density at radius 3 is 2.50 bits per heavy atom. The van der Waals surface area contributed by atoms with Gasteiger partial charge in [-0.05, 0) is 33.5 Å². The van der Waals surface area contributed by atoms with E-state index in [1.807, 2.05) is 5.54 Å². The van der Waals surface area contributed by atoms with Crippen molar-refractivity contribution in [3.8, 4) is 0 Å². The van der Waals surface area contributed by atoms with Crippen molar-refractivity contribution in [3.05, 3.63) is 59.6 Å². The number of fused-ring (bicyclic) bond motifs is 2. The molecule has 2 heteroatoms. The Hall–Kier alpha value is -0.200. The van der Waals surface area contributed by atoms with Crippen LogP contribution in [-0.4, -0.2) is 8.80 Å². The Morgan fingerprint density at radius 2 is 1.77 bits per heavy atom. The Kier molecular flexibility index (Phi) is 7.09. The smallest absolute Gasteiger partial charge is 0.227 e. The topological polar surface area (TPSA) is 0 Å². The average Bonchev–Trinajstić information content (AvgIpc) is 3.14. The zero-order valence-electron chi connectivity index (χ0n) is 14.0. The first kappa shape index (κ1) is 18.1. The van der Waals surface area contributed by atoms with Crippen molar-refractivity contribution in [2.45, 2.75) is 51.6 Å². The van der Waals surface area contributed by atoms with Crippen molar-refractivity contribution in [1.82, 2.24) is 0 Å². The van der Waals surface area contributed by atoms with Crippen molar-refractivity contribution in [1.29, 1.82) is 0 Å². The van der Waals surface area contributed by atoms with E-state index < -0.39 is 8.80 Å². The third-order valence-corrected chi connectivity index (χ3v) is 7.33. The molecular formula is C20H28SiZr. The zero-order valence-corrected chi connectivity index (χ0v) is 17.6. The maximum Gasteiger partial charge on any atom is 2.00 e. The number of hydrogen-bond acceptors (Lipinski definition) is 0. The van der Waals surface area contributed by atoms with Crippen LogP contribution in [-0.2, 0) is 26.2 Å². The summed E-state index contributed by atoms with van der Waals surface area (Å²) in [6.45, 7) is 4.91. The summed E-state index contributed by atoms with van der Waals surface area (Å²) in [5.41, 5.74) is 5.15. The predicted molar refractivity (Wildman–Crippen MR) is 95.5 cm³/mol. The first-order valence-electron chi connectivity index (χ1n) is 8.68. The van der Waals surface area contributed by atoms with Crippen molar-refractivity contribution < 1.29 is 26.2 Å². The van der Waals surface area contributed by atoms with Gasteiger partial charge in [-0.15, -0.1) is 30.7 Å². The molecule has 0 aromatic carbocycles. The first-order chi connectivity index (χ1) is 10.3. The van der Waals surface area contributed by atoms with Crippen LogP contribution in [0, 0.1) is 23.8 Å². The molecule has 0 aromatic heterocycles. The summed E-state index contributed by atoms with van der Waals surface area (Å²) in [5, 5.41) is 0. The summed E-state index contributed by atoms with van der Waals surface area (Å²) >= 11 is 0. The van der Waals surface area contributed by atoms with Crippen LogP contribution in [0.5, 0.6) is 0 Å². The van der Waals surface area contributed by atoms with Gasteiger partial charge in [-0.25, -0.2) is 35.3 Å². The van der Waals surface area contributed by atoms with Gasteiger partial charge in [0.2, 0.25) is 0 Å². The molecule has 4 aliphatic rings. The maximum atomic E-state index is 2.46. The fourth-order valence-electron chi connectivity index (χ4n) is 4.08. The Labute approximate surface area is 157 Å². The minimum atomic E-state index is -0.503. The molecule has 0 aliphatic heterocycles. The normalized spacial score (nSPS) is 27.9. The first-order valence-corrected chi connectivity index (χ1v) is 11.6. The van der Waals surface area contributed by atoms with Gasteiger partial charge in [-0.3, -0.25) is 0 Å². The van der Waals surface area contributed by atoms with E-state index in [4.69, 9.17) is 0 Å². The molecular weight excluding hydrogens is 360 g/mol. The zero-order chi connectivity index (χ0) is 14.7. The van der Waals surface area contributed by atoms with Gasteiger partial charge in [-0.2, -0.15) is 0 Å². The molecule has 2 fully saturated rings. The summed E-state index contributed by atoms with van der Waals surface area (Å²) in [7, 11) is -0.503. The molecule has 0 nitrogen and oxygen atoms in total. The van der Waals surface area contributed by atoms with Gasteiger partial charge >= 0.3 is 26.2 Å². The molecule has 2 atom stereocenters. The van der Waals surface area contributed by atoms with Crippen LogP contribution in [0.15, 0.2) is 47.6 Å². The van der Waals surface area contributed by atoms with E-state index >= 15 is 0 Å². The van der Waals surface area contributed by atoms with Crippen LogP contribution < -0.4 is 0 Å². The van der Waals surface area contributed by atoms with Gasteiger partial charge in [0.15, 0.2) is 0 Å². The molecule has 0 bridgehead atoms. The second-order valence-electron chi connectivity index (χ2n) is 7.01. The minimum absolute atomic E-state index is 0. The molecule has 0 aromatic rings. The summed E-state index contributed by atoms with van der Waals surface area (Å²) in [6.07, 6.45) is 24.1. The quantitative estimate of drug-likeness (QED) is 0.419. The molecule has 116 valence electrons. The molecule has 4 rings (SSSR count). The molecule has 4 aliphatic carbocycles. The fraction of sp³-hybridized carbons (Fsp3) is 0.500. The van der Waals surface area contributed by atoms with Crippen LogP contribution >= 0.6 is 0 Å². The third kappa shape index (κ3) is 4.20. The second kappa shape index (κ2) is 8.60. The monoisotopic (exact) mass is 386 g/mol. The van der Waals surface area contributed by atoms with E-state index in [0.717, 1.165) is 11.8 Å². The van der Waals surface area contributed by atoms with E-state index in [1.54, 1.807) is 11.1 Å². The molecule has 0 heterocycles. The largest absolute Gasteiger partial charge is 2.00 e. The SMILES string of the molecule is C1=CCC2CC[CH-]C2=C1.C[SiH](C)[C-]1CCC2CC=CC=C12.[Zr+2]. The van der Waals surface area contributed by atoms with Gasteiger partial charge in [0.05, 0.1) is 0 Å². The molecule has 0 amide bonds. The maximum absolute atomic E-state index is 2.46. The van der Waals surface area contributed by atoms with E-state index in [-0.39, 0.29) is 26.2 Å². The molecule has 2 unspecified atom stereocenters. The van der Waals surface area contributed by atoms with Gasteiger partial charge < -0.3 is 0 Å². The molecule has 22 heavy (non-hydrogen) atoms. The average molecular weight is 388 g/mol. The summed E-state index contributed by atoms with van der Waals surface area (Å²) in [5.74, 6) is 1.79. The van der Waals surface area contributed by atoms with Crippen molar-refractivity contribution in [2.75, 3.05) is 0 Å². The van der Waals surface area contributed by atoms with Gasteiger partial charge in [0.1, 0.15) is 0 Å².